The average molecular weight is 417 g/mol. The van der Waals surface area contributed by atoms with E-state index >= 15 is 0 Å². The average Bonchev–Trinajstić information content (AvgIpc) is 3.20. The standard InChI is InChI=1S/C21H28N4O3S/c1-13(2)10-11-21(4)19(27)25(20(28)23-21)12-17(26)24(5)14(3)18-22-15-8-6-7-9-16(15)29-18/h6-9,13-14H,10-12H2,1-5H3,(H,23,28)/t14-,21-/m0/s1. The molecule has 1 N–H and O–H groups in total. The predicted octanol–water partition coefficient (Wildman–Crippen LogP) is 3.56. The zero-order valence-corrected chi connectivity index (χ0v) is 18.4. The molecule has 8 heteroatoms. The summed E-state index contributed by atoms with van der Waals surface area (Å²) in [4.78, 5) is 45.2. The van der Waals surface area contributed by atoms with E-state index in [0.29, 0.717) is 12.3 Å². The SMILES string of the molecule is CC(C)CC[C@]1(C)NC(=O)N(CC(=O)N(C)[C@@H](C)c2nc3ccccc3s2)C1=O. The highest BCUT2D eigenvalue weighted by Crippen LogP contribution is 2.29. The van der Waals surface area contributed by atoms with Crippen molar-refractivity contribution < 1.29 is 14.4 Å². The van der Waals surface area contributed by atoms with Crippen LogP contribution in [-0.2, 0) is 9.59 Å². The molecule has 0 aliphatic carbocycles. The number of aromatic nitrogens is 1. The normalized spacial score (nSPS) is 20.4. The Labute approximate surface area is 175 Å². The van der Waals surface area contributed by atoms with E-state index in [1.807, 2.05) is 31.2 Å². The first kappa shape index (κ1) is 21.2. The summed E-state index contributed by atoms with van der Waals surface area (Å²) in [7, 11) is 1.68. The van der Waals surface area contributed by atoms with Crippen LogP contribution in [0.5, 0.6) is 0 Å². The van der Waals surface area contributed by atoms with Crippen molar-refractivity contribution in [3.63, 3.8) is 0 Å². The van der Waals surface area contributed by atoms with Gasteiger partial charge in [0.25, 0.3) is 5.91 Å². The summed E-state index contributed by atoms with van der Waals surface area (Å²) in [5.41, 5.74) is -0.0472. The van der Waals surface area contributed by atoms with Crippen LogP contribution in [0.4, 0.5) is 4.79 Å². The molecule has 4 amide bonds. The largest absolute Gasteiger partial charge is 0.335 e. The molecule has 3 rings (SSSR count). The molecule has 2 aromatic rings. The summed E-state index contributed by atoms with van der Waals surface area (Å²) >= 11 is 1.54. The Kier molecular flexibility index (Phi) is 5.93. The summed E-state index contributed by atoms with van der Waals surface area (Å²) < 4.78 is 1.06. The number of nitrogens with zero attached hydrogens (tertiary/aromatic N) is 3. The van der Waals surface area contributed by atoms with Gasteiger partial charge in [-0.1, -0.05) is 26.0 Å². The van der Waals surface area contributed by atoms with Gasteiger partial charge in [-0.25, -0.2) is 9.78 Å². The van der Waals surface area contributed by atoms with E-state index in [-0.39, 0.29) is 24.4 Å². The van der Waals surface area contributed by atoms with E-state index in [1.54, 1.807) is 18.9 Å². The van der Waals surface area contributed by atoms with E-state index in [2.05, 4.69) is 24.1 Å². The lowest BCUT2D eigenvalue weighted by molar-refractivity contribution is -0.139. The summed E-state index contributed by atoms with van der Waals surface area (Å²) in [5, 5.41) is 3.59. The number of likely N-dealkylation sites (N-methyl/N-ethyl adjacent to an activating group) is 1. The van der Waals surface area contributed by atoms with Gasteiger partial charge in [0, 0.05) is 7.05 Å². The van der Waals surface area contributed by atoms with Gasteiger partial charge >= 0.3 is 6.03 Å². The molecule has 0 spiro atoms. The van der Waals surface area contributed by atoms with Crippen molar-refractivity contribution in [3.05, 3.63) is 29.3 Å². The molecule has 2 heterocycles. The Morgan fingerprint density at radius 2 is 1.97 bits per heavy atom. The van der Waals surface area contributed by atoms with E-state index in [0.717, 1.165) is 26.5 Å². The van der Waals surface area contributed by atoms with Gasteiger partial charge in [0.05, 0.1) is 16.3 Å². The summed E-state index contributed by atoms with van der Waals surface area (Å²) in [6.07, 6.45) is 1.37. The number of benzene rings is 1. The van der Waals surface area contributed by atoms with Crippen LogP contribution in [0.25, 0.3) is 10.2 Å². The fraction of sp³-hybridized carbons (Fsp3) is 0.524. The molecule has 1 aromatic heterocycles. The van der Waals surface area contributed by atoms with Gasteiger partial charge in [-0.15, -0.1) is 11.3 Å². The van der Waals surface area contributed by atoms with Crippen molar-refractivity contribution >= 4 is 39.4 Å². The molecule has 1 saturated heterocycles. The quantitative estimate of drug-likeness (QED) is 0.700. The number of urea groups is 1. The zero-order chi connectivity index (χ0) is 21.3. The number of hydrogen-bond acceptors (Lipinski definition) is 5. The molecule has 0 saturated carbocycles. The molecule has 1 aliphatic rings. The van der Waals surface area contributed by atoms with E-state index in [9.17, 15) is 14.4 Å². The third kappa shape index (κ3) is 4.27. The second-order valence-electron chi connectivity index (χ2n) is 8.29. The number of hydrogen-bond donors (Lipinski definition) is 1. The molecule has 1 aliphatic heterocycles. The number of para-hydroxylation sites is 1. The lowest BCUT2D eigenvalue weighted by Gasteiger charge is -2.26. The molecular weight excluding hydrogens is 388 g/mol. The lowest BCUT2D eigenvalue weighted by atomic mass is 9.92. The first-order chi connectivity index (χ1) is 13.6. The minimum atomic E-state index is -0.946. The number of carbonyl (C=O) groups is 3. The topological polar surface area (TPSA) is 82.6 Å². The van der Waals surface area contributed by atoms with Crippen molar-refractivity contribution in [2.45, 2.75) is 52.1 Å². The number of carbonyl (C=O) groups excluding carboxylic acids is 3. The fourth-order valence-corrected chi connectivity index (χ4v) is 4.40. The Hall–Kier alpha value is -2.48. The third-order valence-corrected chi connectivity index (χ3v) is 6.71. The van der Waals surface area contributed by atoms with Gasteiger partial charge in [0.15, 0.2) is 0 Å². The number of amides is 4. The smallest absolute Gasteiger partial charge is 0.325 e. The maximum absolute atomic E-state index is 12.8. The number of fused-ring (bicyclic) bond motifs is 1. The fourth-order valence-electron chi connectivity index (χ4n) is 3.33. The molecule has 29 heavy (non-hydrogen) atoms. The van der Waals surface area contributed by atoms with Crippen molar-refractivity contribution in [3.8, 4) is 0 Å². The van der Waals surface area contributed by atoms with Crippen LogP contribution < -0.4 is 5.32 Å². The highest BCUT2D eigenvalue weighted by Gasteiger charge is 2.48. The van der Waals surface area contributed by atoms with Crippen molar-refractivity contribution in [1.29, 1.82) is 0 Å². The molecule has 7 nitrogen and oxygen atoms in total. The number of imide groups is 1. The predicted molar refractivity (Wildman–Crippen MR) is 114 cm³/mol. The summed E-state index contributed by atoms with van der Waals surface area (Å²) in [5.74, 6) is -0.209. The first-order valence-electron chi connectivity index (χ1n) is 9.87. The zero-order valence-electron chi connectivity index (χ0n) is 17.6. The number of rotatable bonds is 7. The Morgan fingerprint density at radius 1 is 1.28 bits per heavy atom. The van der Waals surface area contributed by atoms with Gasteiger partial charge in [-0.05, 0) is 44.7 Å². The third-order valence-electron chi connectivity index (χ3n) is 5.50. The molecule has 1 fully saturated rings. The number of thiazole rings is 1. The Bertz CT molecular complexity index is 908. The van der Waals surface area contributed by atoms with Crippen LogP contribution in [0, 0.1) is 5.92 Å². The maximum Gasteiger partial charge on any atom is 0.325 e. The van der Waals surface area contributed by atoms with Crippen LogP contribution in [0.1, 0.15) is 51.6 Å². The molecule has 0 radical (unpaired) electrons. The van der Waals surface area contributed by atoms with Gasteiger partial charge in [0.1, 0.15) is 17.1 Å². The minimum absolute atomic E-state index is 0.256. The van der Waals surface area contributed by atoms with E-state index < -0.39 is 11.6 Å². The first-order valence-corrected chi connectivity index (χ1v) is 10.7. The Morgan fingerprint density at radius 3 is 2.62 bits per heavy atom. The maximum atomic E-state index is 12.8. The number of nitrogens with one attached hydrogen (secondary N) is 1. The molecule has 1 aromatic carbocycles. The molecule has 0 unspecified atom stereocenters. The van der Waals surface area contributed by atoms with E-state index in [4.69, 9.17) is 0 Å². The van der Waals surface area contributed by atoms with Crippen LogP contribution in [0.15, 0.2) is 24.3 Å². The van der Waals surface area contributed by atoms with Crippen LogP contribution in [0.2, 0.25) is 0 Å². The molecule has 2 atom stereocenters. The van der Waals surface area contributed by atoms with Gasteiger partial charge < -0.3 is 10.2 Å². The van der Waals surface area contributed by atoms with Gasteiger partial charge in [-0.2, -0.15) is 0 Å². The van der Waals surface area contributed by atoms with Crippen LogP contribution in [-0.4, -0.2) is 51.8 Å². The summed E-state index contributed by atoms with van der Waals surface area (Å²) in [6.45, 7) is 7.50. The monoisotopic (exact) mass is 416 g/mol. The highest BCUT2D eigenvalue weighted by atomic mass is 32.1. The van der Waals surface area contributed by atoms with Crippen LogP contribution >= 0.6 is 11.3 Å². The molecule has 156 valence electrons. The lowest BCUT2D eigenvalue weighted by Crippen LogP contribution is -2.45. The van der Waals surface area contributed by atoms with Crippen LogP contribution in [0.3, 0.4) is 0 Å². The second kappa shape index (κ2) is 8.10. The Balaban J connectivity index is 1.68. The molecular formula is C21H28N4O3S. The minimum Gasteiger partial charge on any atom is -0.335 e. The van der Waals surface area contributed by atoms with Crippen molar-refractivity contribution in [2.75, 3.05) is 13.6 Å². The van der Waals surface area contributed by atoms with Gasteiger partial charge in [-0.3, -0.25) is 14.5 Å². The highest BCUT2D eigenvalue weighted by molar-refractivity contribution is 7.18. The summed E-state index contributed by atoms with van der Waals surface area (Å²) in [6, 6.07) is 7.06. The second-order valence-corrected chi connectivity index (χ2v) is 9.35. The van der Waals surface area contributed by atoms with E-state index in [1.165, 1.54) is 11.3 Å². The van der Waals surface area contributed by atoms with Crippen molar-refractivity contribution in [1.82, 2.24) is 20.1 Å². The molecule has 0 bridgehead atoms. The van der Waals surface area contributed by atoms with Crippen molar-refractivity contribution in [2.24, 2.45) is 5.92 Å². The van der Waals surface area contributed by atoms with Gasteiger partial charge in [0.2, 0.25) is 5.91 Å².